The molecule has 0 aromatic heterocycles. The molecule has 1 aliphatic carbocycles. The van der Waals surface area contributed by atoms with Gasteiger partial charge in [0.1, 0.15) is 0 Å². The molecule has 0 aliphatic heterocycles. The van der Waals surface area contributed by atoms with Gasteiger partial charge >= 0.3 is 0 Å². The zero-order valence-corrected chi connectivity index (χ0v) is 16.6. The van der Waals surface area contributed by atoms with Crippen LogP contribution in [0.15, 0.2) is 90.5 Å². The molecule has 0 N–H and O–H groups in total. The van der Waals surface area contributed by atoms with Crippen LogP contribution in [-0.2, 0) is 4.74 Å². The van der Waals surface area contributed by atoms with Crippen molar-refractivity contribution >= 4 is 5.57 Å². The summed E-state index contributed by atoms with van der Waals surface area (Å²) in [6, 6.07) is 30.6. The lowest BCUT2D eigenvalue weighted by atomic mass is 9.87. The average Bonchev–Trinajstić information content (AvgIpc) is 3.09. The number of rotatable bonds is 8. The van der Waals surface area contributed by atoms with Gasteiger partial charge < -0.3 is 4.74 Å². The Morgan fingerprint density at radius 3 is 2.18 bits per heavy atom. The Kier molecular flexibility index (Phi) is 6.04. The Bertz CT molecular complexity index is 925. The highest BCUT2D eigenvalue weighted by Crippen LogP contribution is 2.49. The Morgan fingerprint density at radius 1 is 0.750 bits per heavy atom. The van der Waals surface area contributed by atoms with E-state index >= 15 is 0 Å². The first kappa shape index (κ1) is 18.7. The van der Waals surface area contributed by atoms with Crippen LogP contribution in [0.3, 0.4) is 0 Å². The molecule has 1 atom stereocenters. The molecule has 0 heterocycles. The lowest BCUT2D eigenvalue weighted by Gasteiger charge is -2.18. The standard InChI is InChI=1S/C27H28O/c1-2-3-19-28-20-18-25-26(21-12-6-4-7-13-21)23-16-10-11-17-24(23)27(25)22-14-8-5-9-15-22/h4-17,26H,2-3,18-20H2,1H3. The second-order valence-corrected chi connectivity index (χ2v) is 7.41. The molecule has 4 rings (SSSR count). The lowest BCUT2D eigenvalue weighted by molar-refractivity contribution is 0.134. The minimum Gasteiger partial charge on any atom is -0.381 e. The summed E-state index contributed by atoms with van der Waals surface area (Å²) in [5, 5.41) is 0. The van der Waals surface area contributed by atoms with Crippen molar-refractivity contribution in [2.45, 2.75) is 32.1 Å². The summed E-state index contributed by atoms with van der Waals surface area (Å²) < 4.78 is 5.97. The molecule has 1 aliphatic rings. The van der Waals surface area contributed by atoms with Crippen molar-refractivity contribution in [2.24, 2.45) is 0 Å². The van der Waals surface area contributed by atoms with E-state index in [1.165, 1.54) is 39.8 Å². The van der Waals surface area contributed by atoms with E-state index in [0.717, 1.165) is 26.1 Å². The van der Waals surface area contributed by atoms with Gasteiger partial charge in [-0.2, -0.15) is 0 Å². The third-order valence-corrected chi connectivity index (χ3v) is 5.56. The van der Waals surface area contributed by atoms with Crippen LogP contribution in [0.25, 0.3) is 5.57 Å². The van der Waals surface area contributed by atoms with Crippen molar-refractivity contribution in [1.29, 1.82) is 0 Å². The minimum atomic E-state index is 0.308. The summed E-state index contributed by atoms with van der Waals surface area (Å²) >= 11 is 0. The largest absolute Gasteiger partial charge is 0.381 e. The van der Waals surface area contributed by atoms with Crippen LogP contribution in [0, 0.1) is 0 Å². The molecule has 0 saturated heterocycles. The normalized spacial score (nSPS) is 15.7. The highest BCUT2D eigenvalue weighted by molar-refractivity contribution is 5.89. The van der Waals surface area contributed by atoms with E-state index < -0.39 is 0 Å². The molecule has 0 amide bonds. The van der Waals surface area contributed by atoms with E-state index in [2.05, 4.69) is 91.9 Å². The second kappa shape index (κ2) is 9.03. The molecule has 0 bridgehead atoms. The molecule has 0 spiro atoms. The number of hydrogen-bond donors (Lipinski definition) is 0. The average molecular weight is 369 g/mol. The molecule has 28 heavy (non-hydrogen) atoms. The summed E-state index contributed by atoms with van der Waals surface area (Å²) in [5.74, 6) is 0.308. The number of ether oxygens (including phenoxy) is 1. The molecule has 1 nitrogen and oxygen atoms in total. The Balaban J connectivity index is 1.78. The van der Waals surface area contributed by atoms with Crippen LogP contribution >= 0.6 is 0 Å². The number of fused-ring (bicyclic) bond motifs is 1. The smallest absolute Gasteiger partial charge is 0.0503 e. The lowest BCUT2D eigenvalue weighted by Crippen LogP contribution is -2.05. The van der Waals surface area contributed by atoms with Gasteiger partial charge in [-0.05, 0) is 46.2 Å². The first-order chi connectivity index (χ1) is 13.9. The van der Waals surface area contributed by atoms with Gasteiger partial charge in [-0.3, -0.25) is 0 Å². The number of hydrogen-bond acceptors (Lipinski definition) is 1. The van der Waals surface area contributed by atoms with Gasteiger partial charge in [-0.15, -0.1) is 0 Å². The quantitative estimate of drug-likeness (QED) is 0.395. The molecular weight excluding hydrogens is 340 g/mol. The SMILES string of the molecule is CCCCOCCC1=C(c2ccccc2)c2ccccc2C1c1ccccc1. The van der Waals surface area contributed by atoms with Crippen LogP contribution in [0.5, 0.6) is 0 Å². The summed E-state index contributed by atoms with van der Waals surface area (Å²) in [6.45, 7) is 3.84. The van der Waals surface area contributed by atoms with Crippen LogP contribution in [-0.4, -0.2) is 13.2 Å². The van der Waals surface area contributed by atoms with Crippen LogP contribution in [0.1, 0.15) is 54.4 Å². The van der Waals surface area contributed by atoms with Crippen molar-refractivity contribution in [3.63, 3.8) is 0 Å². The molecule has 0 radical (unpaired) electrons. The fourth-order valence-corrected chi connectivity index (χ4v) is 4.25. The molecular formula is C27H28O. The molecule has 3 aromatic carbocycles. The Morgan fingerprint density at radius 2 is 1.43 bits per heavy atom. The number of unbranched alkanes of at least 4 members (excludes halogenated alkanes) is 1. The van der Waals surface area contributed by atoms with Crippen molar-refractivity contribution in [3.8, 4) is 0 Å². The van der Waals surface area contributed by atoms with Gasteiger partial charge in [0, 0.05) is 12.5 Å². The monoisotopic (exact) mass is 368 g/mol. The zero-order chi connectivity index (χ0) is 19.2. The highest BCUT2D eigenvalue weighted by atomic mass is 16.5. The Hall–Kier alpha value is -2.64. The fraction of sp³-hybridized carbons (Fsp3) is 0.259. The van der Waals surface area contributed by atoms with Crippen molar-refractivity contribution in [2.75, 3.05) is 13.2 Å². The molecule has 0 fully saturated rings. The van der Waals surface area contributed by atoms with Gasteiger partial charge in [-0.1, -0.05) is 98.3 Å². The maximum atomic E-state index is 5.97. The molecule has 3 aromatic rings. The van der Waals surface area contributed by atoms with Crippen LogP contribution < -0.4 is 0 Å². The van der Waals surface area contributed by atoms with E-state index in [4.69, 9.17) is 4.74 Å². The maximum Gasteiger partial charge on any atom is 0.0503 e. The van der Waals surface area contributed by atoms with Gasteiger partial charge in [0.2, 0.25) is 0 Å². The van der Waals surface area contributed by atoms with Crippen molar-refractivity contribution in [1.82, 2.24) is 0 Å². The van der Waals surface area contributed by atoms with Gasteiger partial charge in [-0.25, -0.2) is 0 Å². The molecule has 142 valence electrons. The van der Waals surface area contributed by atoms with Crippen LogP contribution in [0.4, 0.5) is 0 Å². The first-order valence-corrected chi connectivity index (χ1v) is 10.4. The summed E-state index contributed by atoms with van der Waals surface area (Å²) in [7, 11) is 0. The summed E-state index contributed by atoms with van der Waals surface area (Å²) in [6.07, 6.45) is 3.27. The third-order valence-electron chi connectivity index (χ3n) is 5.56. The van der Waals surface area contributed by atoms with Gasteiger partial charge in [0.25, 0.3) is 0 Å². The molecule has 0 saturated carbocycles. The van der Waals surface area contributed by atoms with E-state index in [0.29, 0.717) is 5.92 Å². The second-order valence-electron chi connectivity index (χ2n) is 7.41. The molecule has 1 heteroatoms. The fourth-order valence-electron chi connectivity index (χ4n) is 4.25. The highest BCUT2D eigenvalue weighted by Gasteiger charge is 2.32. The summed E-state index contributed by atoms with van der Waals surface area (Å²) in [5.41, 5.74) is 8.32. The third kappa shape index (κ3) is 3.81. The van der Waals surface area contributed by atoms with Crippen molar-refractivity contribution in [3.05, 3.63) is 113 Å². The van der Waals surface area contributed by atoms with E-state index in [9.17, 15) is 0 Å². The van der Waals surface area contributed by atoms with Crippen LogP contribution in [0.2, 0.25) is 0 Å². The number of benzene rings is 3. The molecule has 1 unspecified atom stereocenters. The minimum absolute atomic E-state index is 0.308. The van der Waals surface area contributed by atoms with Gasteiger partial charge in [0.05, 0.1) is 6.61 Å². The van der Waals surface area contributed by atoms with E-state index in [-0.39, 0.29) is 0 Å². The predicted molar refractivity (Wildman–Crippen MR) is 118 cm³/mol. The first-order valence-electron chi connectivity index (χ1n) is 10.4. The maximum absolute atomic E-state index is 5.97. The van der Waals surface area contributed by atoms with E-state index in [1.54, 1.807) is 0 Å². The van der Waals surface area contributed by atoms with Crippen molar-refractivity contribution < 1.29 is 4.74 Å². The predicted octanol–water partition coefficient (Wildman–Crippen LogP) is 6.84. The van der Waals surface area contributed by atoms with E-state index in [1.807, 2.05) is 0 Å². The Labute approximate surface area is 168 Å². The summed E-state index contributed by atoms with van der Waals surface area (Å²) in [4.78, 5) is 0. The van der Waals surface area contributed by atoms with Gasteiger partial charge in [0.15, 0.2) is 0 Å². The topological polar surface area (TPSA) is 9.23 Å². The zero-order valence-electron chi connectivity index (χ0n) is 16.6.